The van der Waals surface area contributed by atoms with E-state index in [1.165, 1.54) is 0 Å². The molecular formula is C12H16N4O. The van der Waals surface area contributed by atoms with E-state index in [0.29, 0.717) is 24.2 Å². The first-order valence-corrected chi connectivity index (χ1v) is 5.70. The molecule has 5 nitrogen and oxygen atoms in total. The Balaban J connectivity index is 1.94. The van der Waals surface area contributed by atoms with E-state index in [4.69, 9.17) is 4.52 Å². The molecule has 0 bridgehead atoms. The predicted molar refractivity (Wildman–Crippen MR) is 64.7 cm³/mol. The number of anilines is 1. The Hall–Kier alpha value is -1.91. The minimum atomic E-state index is 0.477. The predicted octanol–water partition coefficient (Wildman–Crippen LogP) is 2.12. The van der Waals surface area contributed by atoms with Crippen LogP contribution < -0.4 is 5.32 Å². The third-order valence-electron chi connectivity index (χ3n) is 2.20. The van der Waals surface area contributed by atoms with Gasteiger partial charge in [0, 0.05) is 18.4 Å². The number of rotatable bonds is 5. The third-order valence-corrected chi connectivity index (χ3v) is 2.20. The average Bonchev–Trinajstić information content (AvgIpc) is 2.75. The van der Waals surface area contributed by atoms with Crippen molar-refractivity contribution in [3.05, 3.63) is 35.9 Å². The largest absolute Gasteiger partial charge is 0.338 e. The minimum Gasteiger partial charge on any atom is -0.338 e. The molecule has 0 saturated heterocycles. The molecule has 17 heavy (non-hydrogen) atoms. The van der Waals surface area contributed by atoms with E-state index in [1.807, 2.05) is 18.2 Å². The summed E-state index contributed by atoms with van der Waals surface area (Å²) >= 11 is 0. The number of hydrogen-bond donors (Lipinski definition) is 1. The lowest BCUT2D eigenvalue weighted by Crippen LogP contribution is -2.08. The second-order valence-corrected chi connectivity index (χ2v) is 4.29. The van der Waals surface area contributed by atoms with Crippen LogP contribution in [0.3, 0.4) is 0 Å². The topological polar surface area (TPSA) is 63.8 Å². The molecule has 0 unspecified atom stereocenters. The van der Waals surface area contributed by atoms with Gasteiger partial charge in [-0.3, -0.25) is 4.98 Å². The number of nitrogens with zero attached hydrogens (tertiary/aromatic N) is 3. The fraction of sp³-hybridized carbons (Fsp3) is 0.417. The molecule has 2 rings (SSSR count). The smallest absolute Gasteiger partial charge is 0.321 e. The van der Waals surface area contributed by atoms with E-state index in [-0.39, 0.29) is 0 Å². The van der Waals surface area contributed by atoms with E-state index in [0.717, 1.165) is 12.2 Å². The summed E-state index contributed by atoms with van der Waals surface area (Å²) < 4.78 is 5.09. The molecule has 2 heterocycles. The van der Waals surface area contributed by atoms with Gasteiger partial charge >= 0.3 is 6.01 Å². The SMILES string of the molecule is CC(C)CNc1nc(Cc2ccccn2)no1. The highest BCUT2D eigenvalue weighted by atomic mass is 16.5. The fourth-order valence-corrected chi connectivity index (χ4v) is 1.35. The first-order valence-electron chi connectivity index (χ1n) is 5.70. The molecule has 0 radical (unpaired) electrons. The molecule has 0 aliphatic rings. The van der Waals surface area contributed by atoms with Gasteiger partial charge in [0.05, 0.1) is 6.42 Å². The molecule has 0 atom stereocenters. The van der Waals surface area contributed by atoms with Crippen LogP contribution >= 0.6 is 0 Å². The van der Waals surface area contributed by atoms with Crippen LogP contribution in [0.2, 0.25) is 0 Å². The highest BCUT2D eigenvalue weighted by molar-refractivity contribution is 5.19. The zero-order valence-electron chi connectivity index (χ0n) is 10.1. The molecule has 2 aromatic heterocycles. The van der Waals surface area contributed by atoms with Gasteiger partial charge in [0.2, 0.25) is 0 Å². The van der Waals surface area contributed by atoms with Crippen molar-refractivity contribution in [1.82, 2.24) is 15.1 Å². The van der Waals surface area contributed by atoms with Crippen molar-refractivity contribution in [3.8, 4) is 0 Å². The van der Waals surface area contributed by atoms with Crippen LogP contribution in [0.15, 0.2) is 28.9 Å². The summed E-state index contributed by atoms with van der Waals surface area (Å²) in [6, 6.07) is 6.25. The van der Waals surface area contributed by atoms with Gasteiger partial charge in [-0.15, -0.1) is 0 Å². The maximum Gasteiger partial charge on any atom is 0.321 e. The van der Waals surface area contributed by atoms with Crippen molar-refractivity contribution < 1.29 is 4.52 Å². The van der Waals surface area contributed by atoms with Crippen molar-refractivity contribution in [1.29, 1.82) is 0 Å². The first-order chi connectivity index (χ1) is 8.24. The molecule has 0 saturated carbocycles. The standard InChI is InChI=1S/C12H16N4O/c1-9(2)8-14-12-15-11(16-17-12)7-10-5-3-4-6-13-10/h3-6,9H,7-8H2,1-2H3,(H,14,15,16). The third kappa shape index (κ3) is 3.55. The van der Waals surface area contributed by atoms with Gasteiger partial charge in [-0.2, -0.15) is 4.98 Å². The van der Waals surface area contributed by atoms with Gasteiger partial charge in [-0.1, -0.05) is 25.1 Å². The van der Waals surface area contributed by atoms with E-state index in [9.17, 15) is 0 Å². The fourth-order valence-electron chi connectivity index (χ4n) is 1.35. The van der Waals surface area contributed by atoms with Crippen molar-refractivity contribution in [2.75, 3.05) is 11.9 Å². The lowest BCUT2D eigenvalue weighted by Gasteiger charge is -2.02. The Morgan fingerprint density at radius 3 is 2.94 bits per heavy atom. The van der Waals surface area contributed by atoms with Gasteiger partial charge in [0.25, 0.3) is 0 Å². The summed E-state index contributed by atoms with van der Waals surface area (Å²) in [5, 5.41) is 6.99. The van der Waals surface area contributed by atoms with Crippen molar-refractivity contribution in [3.63, 3.8) is 0 Å². The summed E-state index contributed by atoms with van der Waals surface area (Å²) in [4.78, 5) is 8.46. The van der Waals surface area contributed by atoms with Crippen molar-refractivity contribution >= 4 is 6.01 Å². The second-order valence-electron chi connectivity index (χ2n) is 4.29. The molecule has 0 aliphatic heterocycles. The van der Waals surface area contributed by atoms with Gasteiger partial charge in [-0.05, 0) is 18.1 Å². The summed E-state index contributed by atoms with van der Waals surface area (Å²) in [7, 11) is 0. The molecule has 90 valence electrons. The lowest BCUT2D eigenvalue weighted by molar-refractivity contribution is 0.421. The molecule has 2 aromatic rings. The van der Waals surface area contributed by atoms with Crippen LogP contribution in [0.5, 0.6) is 0 Å². The highest BCUT2D eigenvalue weighted by Crippen LogP contribution is 2.08. The van der Waals surface area contributed by atoms with Crippen molar-refractivity contribution in [2.45, 2.75) is 20.3 Å². The molecule has 5 heteroatoms. The summed E-state index contributed by atoms with van der Waals surface area (Å²) in [5.74, 6) is 1.19. The number of nitrogens with one attached hydrogen (secondary N) is 1. The van der Waals surface area contributed by atoms with E-state index < -0.39 is 0 Å². The Kier molecular flexibility index (Phi) is 3.69. The lowest BCUT2D eigenvalue weighted by atomic mass is 10.2. The Morgan fingerprint density at radius 2 is 2.24 bits per heavy atom. The van der Waals surface area contributed by atoms with Crippen LogP contribution in [-0.4, -0.2) is 21.7 Å². The zero-order chi connectivity index (χ0) is 12.1. The Bertz CT molecular complexity index is 453. The van der Waals surface area contributed by atoms with Gasteiger partial charge in [0.15, 0.2) is 5.82 Å². The minimum absolute atomic E-state index is 0.477. The van der Waals surface area contributed by atoms with E-state index in [1.54, 1.807) is 6.20 Å². The maximum absolute atomic E-state index is 5.09. The van der Waals surface area contributed by atoms with E-state index in [2.05, 4.69) is 34.3 Å². The molecule has 0 amide bonds. The van der Waals surface area contributed by atoms with Crippen LogP contribution in [0.4, 0.5) is 6.01 Å². The molecule has 1 N–H and O–H groups in total. The van der Waals surface area contributed by atoms with Crippen LogP contribution in [-0.2, 0) is 6.42 Å². The quantitative estimate of drug-likeness (QED) is 0.855. The number of hydrogen-bond acceptors (Lipinski definition) is 5. The summed E-state index contributed by atoms with van der Waals surface area (Å²) in [6.45, 7) is 5.07. The van der Waals surface area contributed by atoms with Crippen LogP contribution in [0.1, 0.15) is 25.4 Å². The normalized spacial score (nSPS) is 10.8. The van der Waals surface area contributed by atoms with Gasteiger partial charge < -0.3 is 9.84 Å². The average molecular weight is 232 g/mol. The number of pyridine rings is 1. The van der Waals surface area contributed by atoms with E-state index >= 15 is 0 Å². The molecule has 0 fully saturated rings. The van der Waals surface area contributed by atoms with Gasteiger partial charge in [-0.25, -0.2) is 0 Å². The Morgan fingerprint density at radius 1 is 1.35 bits per heavy atom. The van der Waals surface area contributed by atoms with Crippen LogP contribution in [0.25, 0.3) is 0 Å². The summed E-state index contributed by atoms with van der Waals surface area (Å²) in [6.07, 6.45) is 2.35. The summed E-state index contributed by atoms with van der Waals surface area (Å²) in [5.41, 5.74) is 0.934. The Labute approximate surface area is 100 Å². The monoisotopic (exact) mass is 232 g/mol. The maximum atomic E-state index is 5.09. The zero-order valence-corrected chi connectivity index (χ0v) is 10.1. The highest BCUT2D eigenvalue weighted by Gasteiger charge is 2.07. The molecule has 0 aliphatic carbocycles. The number of aromatic nitrogens is 3. The molecule has 0 spiro atoms. The first kappa shape index (κ1) is 11.6. The molecule has 0 aromatic carbocycles. The molecular weight excluding hydrogens is 216 g/mol. The van der Waals surface area contributed by atoms with Crippen molar-refractivity contribution in [2.24, 2.45) is 5.92 Å². The second kappa shape index (κ2) is 5.43. The van der Waals surface area contributed by atoms with Crippen LogP contribution in [0, 0.1) is 5.92 Å². The van der Waals surface area contributed by atoms with Gasteiger partial charge in [0.1, 0.15) is 0 Å².